The third-order valence-electron chi connectivity index (χ3n) is 4.12. The molecular weight excluding hydrogens is 326 g/mol. The number of hydrogen-bond acceptors (Lipinski definition) is 1. The maximum atomic E-state index is 12.7. The first-order chi connectivity index (χ1) is 8.78. The van der Waals surface area contributed by atoms with E-state index in [2.05, 4.69) is 0 Å². The van der Waals surface area contributed by atoms with Crippen LogP contribution >= 0.6 is 46.4 Å². The fraction of sp³-hybridized carbons (Fsp3) is 0.357. The Bertz CT molecular complexity index is 662. The molecule has 0 unspecified atom stereocenters. The van der Waals surface area contributed by atoms with E-state index in [9.17, 15) is 4.79 Å². The molecule has 0 spiro atoms. The number of Topliss-reactive ketones (excluding diaryl/α,β-unsaturated/α-hetero) is 1. The molecule has 0 radical (unpaired) electrons. The minimum atomic E-state index is -0.508. The van der Waals surface area contributed by atoms with Crippen molar-refractivity contribution in [2.24, 2.45) is 5.41 Å². The van der Waals surface area contributed by atoms with Gasteiger partial charge in [-0.15, -0.1) is 0 Å². The molecule has 3 rings (SSSR count). The van der Waals surface area contributed by atoms with Crippen molar-refractivity contribution in [3.63, 3.8) is 0 Å². The van der Waals surface area contributed by atoms with Gasteiger partial charge in [-0.25, -0.2) is 0 Å². The van der Waals surface area contributed by atoms with E-state index in [1.165, 1.54) is 0 Å². The number of allylic oxidation sites excluding steroid dienone is 2. The Balaban J connectivity index is 2.43. The minimum absolute atomic E-state index is 0.0268. The van der Waals surface area contributed by atoms with Gasteiger partial charge in [0.15, 0.2) is 5.78 Å². The van der Waals surface area contributed by atoms with Crippen molar-refractivity contribution in [1.82, 2.24) is 0 Å². The van der Waals surface area contributed by atoms with Crippen LogP contribution < -0.4 is 0 Å². The third-order valence-corrected chi connectivity index (χ3v) is 5.94. The quantitative estimate of drug-likeness (QED) is 0.326. The maximum Gasteiger partial charge on any atom is 0.174 e. The molecule has 0 saturated heterocycles. The molecule has 1 aromatic carbocycles. The summed E-state index contributed by atoms with van der Waals surface area (Å²) in [5.74, 6) is 0.0681. The average molecular weight is 336 g/mol. The predicted octanol–water partition coefficient (Wildman–Crippen LogP) is 5.94. The van der Waals surface area contributed by atoms with Crippen molar-refractivity contribution in [3.8, 4) is 0 Å². The van der Waals surface area contributed by atoms with Crippen LogP contribution in [0.5, 0.6) is 0 Å². The molecule has 0 N–H and O–H groups in total. The highest BCUT2D eigenvalue weighted by atomic mass is 35.5. The number of rotatable bonds is 0. The van der Waals surface area contributed by atoms with Crippen LogP contribution in [0.1, 0.15) is 42.1 Å². The van der Waals surface area contributed by atoms with Gasteiger partial charge in [-0.05, 0) is 25.8 Å². The SMILES string of the molecule is CC1=C[C@@]2(C)C[C@H]1c1c(Cl)c(Cl)c(Cl)c(Cl)c1C2=O. The van der Waals surface area contributed by atoms with Gasteiger partial charge in [0.1, 0.15) is 0 Å². The largest absolute Gasteiger partial charge is 0.293 e. The molecule has 1 aromatic rings. The van der Waals surface area contributed by atoms with Crippen molar-refractivity contribution in [3.05, 3.63) is 42.9 Å². The minimum Gasteiger partial charge on any atom is -0.293 e. The second-order valence-electron chi connectivity index (χ2n) is 5.44. The van der Waals surface area contributed by atoms with E-state index >= 15 is 0 Å². The van der Waals surface area contributed by atoms with Gasteiger partial charge < -0.3 is 0 Å². The van der Waals surface area contributed by atoms with E-state index in [1.54, 1.807) is 0 Å². The van der Waals surface area contributed by atoms with E-state index in [4.69, 9.17) is 46.4 Å². The number of fused-ring (bicyclic) bond motifs is 4. The zero-order chi connectivity index (χ0) is 14.1. The first-order valence-electron chi connectivity index (χ1n) is 5.88. The molecule has 2 aliphatic rings. The average Bonchev–Trinajstić information content (AvgIpc) is 2.62. The van der Waals surface area contributed by atoms with E-state index < -0.39 is 5.41 Å². The summed E-state index contributed by atoms with van der Waals surface area (Å²) in [7, 11) is 0. The molecule has 0 heterocycles. The number of carbonyl (C=O) groups excluding carboxylic acids is 1. The highest BCUT2D eigenvalue weighted by Gasteiger charge is 2.49. The second kappa shape index (κ2) is 4.14. The van der Waals surface area contributed by atoms with Crippen LogP contribution in [0.2, 0.25) is 20.1 Å². The van der Waals surface area contributed by atoms with Crippen LogP contribution in [0, 0.1) is 5.41 Å². The van der Waals surface area contributed by atoms with E-state index in [1.807, 2.05) is 19.9 Å². The van der Waals surface area contributed by atoms with Crippen LogP contribution in [0.3, 0.4) is 0 Å². The highest BCUT2D eigenvalue weighted by molar-refractivity contribution is 6.53. The van der Waals surface area contributed by atoms with Gasteiger partial charge in [0.05, 0.1) is 20.1 Å². The molecule has 0 aliphatic heterocycles. The first-order valence-corrected chi connectivity index (χ1v) is 7.39. The van der Waals surface area contributed by atoms with Gasteiger partial charge in [-0.2, -0.15) is 0 Å². The molecule has 5 heteroatoms. The molecule has 0 saturated carbocycles. The second-order valence-corrected chi connectivity index (χ2v) is 6.95. The molecule has 2 atom stereocenters. The fourth-order valence-corrected chi connectivity index (χ4v) is 4.30. The summed E-state index contributed by atoms with van der Waals surface area (Å²) in [4.78, 5) is 12.7. The fourth-order valence-electron chi connectivity index (χ4n) is 3.22. The van der Waals surface area contributed by atoms with Crippen molar-refractivity contribution in [2.75, 3.05) is 0 Å². The molecule has 0 aromatic heterocycles. The lowest BCUT2D eigenvalue weighted by atomic mass is 9.72. The molecule has 2 bridgehead atoms. The Hall–Kier alpha value is -0.210. The van der Waals surface area contributed by atoms with Crippen molar-refractivity contribution < 1.29 is 4.79 Å². The summed E-state index contributed by atoms with van der Waals surface area (Å²) in [5.41, 5.74) is 1.79. The number of benzene rings is 1. The number of ketones is 1. The van der Waals surface area contributed by atoms with Gasteiger partial charge in [-0.1, -0.05) is 58.1 Å². The number of hydrogen-bond donors (Lipinski definition) is 0. The molecule has 1 nitrogen and oxygen atoms in total. The Morgan fingerprint density at radius 1 is 1.11 bits per heavy atom. The van der Waals surface area contributed by atoms with Gasteiger partial charge in [0.25, 0.3) is 0 Å². The van der Waals surface area contributed by atoms with Crippen LogP contribution in [-0.2, 0) is 0 Å². The predicted molar refractivity (Wildman–Crippen MR) is 80.0 cm³/mol. The molecular formula is C14H10Cl4O. The van der Waals surface area contributed by atoms with E-state index in [-0.39, 0.29) is 26.8 Å². The molecule has 2 aliphatic carbocycles. The summed E-state index contributed by atoms with van der Waals surface area (Å²) >= 11 is 24.7. The summed E-state index contributed by atoms with van der Waals surface area (Å²) in [6.07, 6.45) is 2.73. The van der Waals surface area contributed by atoms with Crippen LogP contribution in [0.25, 0.3) is 0 Å². The van der Waals surface area contributed by atoms with Crippen LogP contribution in [-0.4, -0.2) is 5.78 Å². The first kappa shape index (κ1) is 13.8. The van der Waals surface area contributed by atoms with Gasteiger partial charge >= 0.3 is 0 Å². The van der Waals surface area contributed by atoms with Crippen molar-refractivity contribution in [1.29, 1.82) is 0 Å². The molecule has 0 amide bonds. The van der Waals surface area contributed by atoms with Crippen LogP contribution in [0.15, 0.2) is 11.6 Å². The summed E-state index contributed by atoms with van der Waals surface area (Å²) in [6.45, 7) is 3.93. The third kappa shape index (κ3) is 1.65. The summed E-state index contributed by atoms with van der Waals surface area (Å²) < 4.78 is 0. The van der Waals surface area contributed by atoms with Crippen molar-refractivity contribution >= 4 is 52.2 Å². The standard InChI is InChI=1S/C14H10Cl4O/c1-5-3-14(2)4-6(5)7-8(13(14)19)10(16)12(18)11(17)9(7)15/h3,6H,4H2,1-2H3/t6-,14+/m1/s1. The number of halogens is 4. The van der Waals surface area contributed by atoms with Crippen molar-refractivity contribution in [2.45, 2.75) is 26.2 Å². The zero-order valence-electron chi connectivity index (χ0n) is 10.3. The smallest absolute Gasteiger partial charge is 0.174 e. The van der Waals surface area contributed by atoms with Gasteiger partial charge in [0, 0.05) is 16.9 Å². The topological polar surface area (TPSA) is 17.1 Å². The molecule has 0 fully saturated rings. The summed E-state index contributed by atoms with van der Waals surface area (Å²) in [5, 5.41) is 0.947. The highest BCUT2D eigenvalue weighted by Crippen LogP contribution is 2.57. The Kier molecular flexibility index (Phi) is 3.00. The molecule has 19 heavy (non-hydrogen) atoms. The molecule has 100 valence electrons. The maximum absolute atomic E-state index is 12.7. The Morgan fingerprint density at radius 2 is 1.68 bits per heavy atom. The Morgan fingerprint density at radius 3 is 2.32 bits per heavy atom. The monoisotopic (exact) mass is 334 g/mol. The lowest BCUT2D eigenvalue weighted by molar-refractivity contribution is 0.0851. The van der Waals surface area contributed by atoms with Crippen LogP contribution in [0.4, 0.5) is 0 Å². The summed E-state index contributed by atoms with van der Waals surface area (Å²) in [6, 6.07) is 0. The number of carbonyl (C=O) groups is 1. The van der Waals surface area contributed by atoms with Gasteiger partial charge in [-0.3, -0.25) is 4.79 Å². The van der Waals surface area contributed by atoms with E-state index in [0.29, 0.717) is 10.6 Å². The Labute approximate surface area is 131 Å². The normalized spacial score (nSPS) is 28.4. The van der Waals surface area contributed by atoms with E-state index in [0.717, 1.165) is 17.6 Å². The lowest BCUT2D eigenvalue weighted by Crippen LogP contribution is -2.30. The lowest BCUT2D eigenvalue weighted by Gasteiger charge is -2.32. The zero-order valence-corrected chi connectivity index (χ0v) is 13.3. The van der Waals surface area contributed by atoms with Gasteiger partial charge in [0.2, 0.25) is 0 Å².